The molecule has 2 aromatic heterocycles. The van der Waals surface area contributed by atoms with Crippen LogP contribution in [0.25, 0.3) is 11.5 Å². The summed E-state index contributed by atoms with van der Waals surface area (Å²) in [6, 6.07) is 15.6. The van der Waals surface area contributed by atoms with Crippen LogP contribution < -0.4 is 5.32 Å². The lowest BCUT2D eigenvalue weighted by atomic mass is 10.2. The molecular weight excluding hydrogens is 252 g/mol. The van der Waals surface area contributed by atoms with Crippen molar-refractivity contribution in [3.05, 3.63) is 66.3 Å². The van der Waals surface area contributed by atoms with Crippen molar-refractivity contribution in [1.29, 1.82) is 0 Å². The molecule has 100 valence electrons. The third-order valence-electron chi connectivity index (χ3n) is 2.80. The van der Waals surface area contributed by atoms with E-state index >= 15 is 0 Å². The maximum Gasteiger partial charge on any atom is 0.247 e. The summed E-state index contributed by atoms with van der Waals surface area (Å²) in [5.41, 5.74) is 1.91. The smallest absolute Gasteiger partial charge is 0.247 e. The molecule has 0 saturated heterocycles. The maximum atomic E-state index is 5.60. The van der Waals surface area contributed by atoms with Crippen LogP contribution in [0.1, 0.15) is 11.6 Å². The molecule has 1 N–H and O–H groups in total. The van der Waals surface area contributed by atoms with Gasteiger partial charge in [0.15, 0.2) is 0 Å². The van der Waals surface area contributed by atoms with E-state index in [4.69, 9.17) is 4.42 Å². The largest absolute Gasteiger partial charge is 0.419 e. The van der Waals surface area contributed by atoms with Crippen LogP contribution in [0.3, 0.4) is 0 Å². The van der Waals surface area contributed by atoms with Gasteiger partial charge >= 0.3 is 0 Å². The average molecular weight is 266 g/mol. The highest BCUT2D eigenvalue weighted by Crippen LogP contribution is 2.16. The molecule has 0 amide bonds. The van der Waals surface area contributed by atoms with Crippen LogP contribution >= 0.6 is 0 Å². The highest BCUT2D eigenvalue weighted by atomic mass is 16.4. The molecule has 2 heterocycles. The predicted molar refractivity (Wildman–Crippen MR) is 74.5 cm³/mol. The van der Waals surface area contributed by atoms with Crippen molar-refractivity contribution >= 4 is 0 Å². The Labute approximate surface area is 116 Å². The molecule has 0 saturated carbocycles. The van der Waals surface area contributed by atoms with Crippen LogP contribution in [0.5, 0.6) is 0 Å². The molecule has 1 aromatic carbocycles. The Kier molecular flexibility index (Phi) is 3.80. The Balaban J connectivity index is 1.58. The minimum absolute atomic E-state index is 0.524. The van der Waals surface area contributed by atoms with Crippen molar-refractivity contribution in [3.63, 3.8) is 0 Å². The molecule has 0 aliphatic carbocycles. The van der Waals surface area contributed by atoms with Crippen molar-refractivity contribution in [2.75, 3.05) is 0 Å². The van der Waals surface area contributed by atoms with E-state index in [1.54, 1.807) is 6.20 Å². The van der Waals surface area contributed by atoms with E-state index in [1.807, 2.05) is 48.5 Å². The first kappa shape index (κ1) is 12.5. The van der Waals surface area contributed by atoms with Gasteiger partial charge in [-0.15, -0.1) is 10.2 Å². The maximum absolute atomic E-state index is 5.60. The number of aromatic nitrogens is 3. The number of hydrogen-bond donors (Lipinski definition) is 1. The van der Waals surface area contributed by atoms with Crippen molar-refractivity contribution in [2.24, 2.45) is 0 Å². The summed E-state index contributed by atoms with van der Waals surface area (Å²) in [5.74, 6) is 1.11. The third kappa shape index (κ3) is 3.07. The van der Waals surface area contributed by atoms with Crippen molar-refractivity contribution in [1.82, 2.24) is 20.5 Å². The molecular formula is C15H14N4O. The Morgan fingerprint density at radius 3 is 2.55 bits per heavy atom. The van der Waals surface area contributed by atoms with Gasteiger partial charge in [-0.1, -0.05) is 24.3 Å². The Bertz CT molecular complexity index is 652. The van der Waals surface area contributed by atoms with Crippen LogP contribution in [0, 0.1) is 0 Å². The molecule has 0 aliphatic heterocycles. The van der Waals surface area contributed by atoms with E-state index in [2.05, 4.69) is 20.5 Å². The minimum atomic E-state index is 0.524. The second-order valence-electron chi connectivity index (χ2n) is 4.29. The third-order valence-corrected chi connectivity index (χ3v) is 2.80. The molecule has 0 fully saturated rings. The predicted octanol–water partition coefficient (Wildman–Crippen LogP) is 2.42. The SMILES string of the molecule is c1ccc(-c2nnc(CNCc3ccccn3)o2)cc1. The van der Waals surface area contributed by atoms with E-state index in [1.165, 1.54) is 0 Å². The first-order valence-corrected chi connectivity index (χ1v) is 6.40. The number of nitrogens with zero attached hydrogens (tertiary/aromatic N) is 3. The lowest BCUT2D eigenvalue weighted by Gasteiger charge is -2.00. The van der Waals surface area contributed by atoms with E-state index in [0.29, 0.717) is 24.9 Å². The molecule has 20 heavy (non-hydrogen) atoms. The Hall–Kier alpha value is -2.53. The number of nitrogens with one attached hydrogen (secondary N) is 1. The summed E-state index contributed by atoms with van der Waals surface area (Å²) in [6.45, 7) is 1.19. The molecule has 0 aliphatic rings. The van der Waals surface area contributed by atoms with E-state index in [0.717, 1.165) is 11.3 Å². The zero-order chi connectivity index (χ0) is 13.6. The van der Waals surface area contributed by atoms with Crippen LogP contribution in [-0.4, -0.2) is 15.2 Å². The van der Waals surface area contributed by atoms with Crippen molar-refractivity contribution in [2.45, 2.75) is 13.1 Å². The monoisotopic (exact) mass is 266 g/mol. The molecule has 0 unspecified atom stereocenters. The summed E-state index contributed by atoms with van der Waals surface area (Å²) in [7, 11) is 0. The second-order valence-corrected chi connectivity index (χ2v) is 4.29. The highest BCUT2D eigenvalue weighted by Gasteiger charge is 2.07. The lowest BCUT2D eigenvalue weighted by Crippen LogP contribution is -2.13. The van der Waals surface area contributed by atoms with Crippen LogP contribution in [0.4, 0.5) is 0 Å². The number of benzene rings is 1. The molecule has 5 nitrogen and oxygen atoms in total. The number of rotatable bonds is 5. The first-order valence-electron chi connectivity index (χ1n) is 6.40. The second kappa shape index (κ2) is 6.08. The first-order chi connectivity index (χ1) is 9.92. The highest BCUT2D eigenvalue weighted by molar-refractivity contribution is 5.51. The quantitative estimate of drug-likeness (QED) is 0.768. The molecule has 0 bridgehead atoms. The Morgan fingerprint density at radius 2 is 1.75 bits per heavy atom. The fourth-order valence-electron chi connectivity index (χ4n) is 1.82. The summed E-state index contributed by atoms with van der Waals surface area (Å²) in [4.78, 5) is 4.23. The van der Waals surface area contributed by atoms with Crippen LogP contribution in [0.2, 0.25) is 0 Å². The van der Waals surface area contributed by atoms with Gasteiger partial charge in [0.25, 0.3) is 0 Å². The zero-order valence-electron chi connectivity index (χ0n) is 10.9. The van der Waals surface area contributed by atoms with Gasteiger partial charge in [0.05, 0.1) is 12.2 Å². The summed E-state index contributed by atoms with van der Waals surface area (Å²) >= 11 is 0. The van der Waals surface area contributed by atoms with Crippen molar-refractivity contribution in [3.8, 4) is 11.5 Å². The molecule has 0 atom stereocenters. The van der Waals surface area contributed by atoms with Gasteiger partial charge in [-0.3, -0.25) is 4.98 Å². The number of pyridine rings is 1. The fraction of sp³-hybridized carbons (Fsp3) is 0.133. The Morgan fingerprint density at radius 1 is 0.900 bits per heavy atom. The molecule has 3 aromatic rings. The van der Waals surface area contributed by atoms with Crippen LogP contribution in [0.15, 0.2) is 59.1 Å². The van der Waals surface area contributed by atoms with E-state index < -0.39 is 0 Å². The average Bonchev–Trinajstić information content (AvgIpc) is 2.98. The van der Waals surface area contributed by atoms with Gasteiger partial charge in [0.1, 0.15) is 0 Å². The fourth-order valence-corrected chi connectivity index (χ4v) is 1.82. The topological polar surface area (TPSA) is 63.8 Å². The van der Waals surface area contributed by atoms with Gasteiger partial charge in [-0.2, -0.15) is 0 Å². The van der Waals surface area contributed by atoms with Gasteiger partial charge in [0, 0.05) is 18.3 Å². The zero-order valence-corrected chi connectivity index (χ0v) is 10.9. The molecule has 0 spiro atoms. The molecule has 5 heteroatoms. The number of hydrogen-bond acceptors (Lipinski definition) is 5. The standard InChI is InChI=1S/C15H14N4O/c1-2-6-12(7-3-1)15-19-18-14(20-15)11-16-10-13-8-4-5-9-17-13/h1-9,16H,10-11H2. The summed E-state index contributed by atoms with van der Waals surface area (Å²) in [5, 5.41) is 11.3. The van der Waals surface area contributed by atoms with Gasteiger partial charge in [-0.25, -0.2) is 0 Å². The minimum Gasteiger partial charge on any atom is -0.419 e. The molecule has 3 rings (SSSR count). The summed E-state index contributed by atoms with van der Waals surface area (Å²) < 4.78 is 5.60. The van der Waals surface area contributed by atoms with Crippen molar-refractivity contribution < 1.29 is 4.42 Å². The van der Waals surface area contributed by atoms with E-state index in [-0.39, 0.29) is 0 Å². The van der Waals surface area contributed by atoms with Gasteiger partial charge < -0.3 is 9.73 Å². The molecule has 0 radical (unpaired) electrons. The van der Waals surface area contributed by atoms with E-state index in [9.17, 15) is 0 Å². The van der Waals surface area contributed by atoms with Gasteiger partial charge in [0.2, 0.25) is 11.8 Å². The normalized spacial score (nSPS) is 10.6. The summed E-state index contributed by atoms with van der Waals surface area (Å²) in [6.07, 6.45) is 1.78. The van der Waals surface area contributed by atoms with Crippen LogP contribution in [-0.2, 0) is 13.1 Å². The van der Waals surface area contributed by atoms with Gasteiger partial charge in [-0.05, 0) is 24.3 Å². The lowest BCUT2D eigenvalue weighted by molar-refractivity contribution is 0.476.